The van der Waals surface area contributed by atoms with Gasteiger partial charge in [-0.2, -0.15) is 0 Å². The van der Waals surface area contributed by atoms with E-state index in [1.807, 2.05) is 7.05 Å². The van der Waals surface area contributed by atoms with Gasteiger partial charge in [0.25, 0.3) is 0 Å². The van der Waals surface area contributed by atoms with Crippen LogP contribution < -0.4 is 5.32 Å². The summed E-state index contributed by atoms with van der Waals surface area (Å²) in [6.07, 6.45) is 1.10. The van der Waals surface area contributed by atoms with Crippen molar-refractivity contribution in [2.24, 2.45) is 0 Å². The van der Waals surface area contributed by atoms with Gasteiger partial charge in [0.05, 0.1) is 6.61 Å². The first-order chi connectivity index (χ1) is 5.76. The van der Waals surface area contributed by atoms with Gasteiger partial charge < -0.3 is 15.0 Å². The first-order valence-corrected chi connectivity index (χ1v) is 4.62. The molecule has 0 aliphatic rings. The van der Waals surface area contributed by atoms with E-state index in [0.717, 1.165) is 31.2 Å². The third-order valence-electron chi connectivity index (χ3n) is 1.56. The maximum Gasteiger partial charge on any atom is 0.168 e. The molecule has 0 aromatic heterocycles. The van der Waals surface area contributed by atoms with E-state index in [1.165, 1.54) is 0 Å². The Bertz CT molecular complexity index is 130. The van der Waals surface area contributed by atoms with Crippen molar-refractivity contribution in [2.75, 3.05) is 33.9 Å². The Morgan fingerprint density at radius 3 is 2.58 bits per heavy atom. The summed E-state index contributed by atoms with van der Waals surface area (Å²) in [4.78, 5) is 2.11. The second-order valence-corrected chi connectivity index (χ2v) is 2.92. The molecule has 0 saturated carbocycles. The second-order valence-electron chi connectivity index (χ2n) is 2.54. The average molecular weight is 190 g/mol. The summed E-state index contributed by atoms with van der Waals surface area (Å²) in [5, 5.41) is 3.76. The number of ether oxygens (including phenoxy) is 1. The third-order valence-corrected chi connectivity index (χ3v) is 2.02. The molecule has 0 bridgehead atoms. The quantitative estimate of drug-likeness (QED) is 0.650. The van der Waals surface area contributed by atoms with Crippen molar-refractivity contribution < 1.29 is 4.74 Å². The van der Waals surface area contributed by atoms with Crippen molar-refractivity contribution in [3.05, 3.63) is 0 Å². The number of rotatable bonds is 5. The van der Waals surface area contributed by atoms with Crippen molar-refractivity contribution in [1.29, 1.82) is 0 Å². The van der Waals surface area contributed by atoms with E-state index in [2.05, 4.69) is 17.1 Å². The number of thiocarbonyl (C=S) groups is 1. The molecule has 1 N–H and O–H groups in total. The normalized spacial score (nSPS) is 9.58. The molecular weight excluding hydrogens is 172 g/mol. The molecule has 0 spiro atoms. The van der Waals surface area contributed by atoms with Gasteiger partial charge in [0, 0.05) is 27.2 Å². The van der Waals surface area contributed by atoms with Crippen LogP contribution in [-0.2, 0) is 4.74 Å². The molecule has 0 aliphatic heterocycles. The van der Waals surface area contributed by atoms with Crippen molar-refractivity contribution in [3.63, 3.8) is 0 Å². The Kier molecular flexibility index (Phi) is 7.09. The summed E-state index contributed by atoms with van der Waals surface area (Å²) in [6.45, 7) is 4.72. The molecule has 12 heavy (non-hydrogen) atoms. The van der Waals surface area contributed by atoms with Crippen molar-refractivity contribution >= 4 is 17.3 Å². The molecule has 0 aromatic carbocycles. The molecule has 0 saturated heterocycles. The molecule has 4 heteroatoms. The SMILES string of the molecule is CCCN(CCOC)C(=S)NC. The highest BCUT2D eigenvalue weighted by Crippen LogP contribution is 1.92. The third kappa shape index (κ3) is 4.51. The first kappa shape index (κ1) is 11.6. The zero-order chi connectivity index (χ0) is 9.40. The highest BCUT2D eigenvalue weighted by molar-refractivity contribution is 7.80. The molecule has 0 radical (unpaired) electrons. The van der Waals surface area contributed by atoms with Gasteiger partial charge >= 0.3 is 0 Å². The van der Waals surface area contributed by atoms with E-state index in [9.17, 15) is 0 Å². The van der Waals surface area contributed by atoms with E-state index < -0.39 is 0 Å². The summed E-state index contributed by atoms with van der Waals surface area (Å²) in [5.41, 5.74) is 0. The number of methoxy groups -OCH3 is 1. The zero-order valence-electron chi connectivity index (χ0n) is 8.09. The second kappa shape index (κ2) is 7.31. The molecule has 0 heterocycles. The van der Waals surface area contributed by atoms with Gasteiger partial charge in [-0.25, -0.2) is 0 Å². The molecule has 3 nitrogen and oxygen atoms in total. The monoisotopic (exact) mass is 190 g/mol. The number of hydrogen-bond acceptors (Lipinski definition) is 2. The number of nitrogens with zero attached hydrogens (tertiary/aromatic N) is 1. The van der Waals surface area contributed by atoms with Crippen molar-refractivity contribution in [1.82, 2.24) is 10.2 Å². The summed E-state index contributed by atoms with van der Waals surface area (Å²) < 4.78 is 4.98. The minimum absolute atomic E-state index is 0.724. The van der Waals surface area contributed by atoms with Crippen molar-refractivity contribution in [3.8, 4) is 0 Å². The smallest absolute Gasteiger partial charge is 0.168 e. The van der Waals surface area contributed by atoms with Crippen LogP contribution in [-0.4, -0.2) is 43.9 Å². The zero-order valence-corrected chi connectivity index (χ0v) is 8.91. The highest BCUT2D eigenvalue weighted by Gasteiger charge is 2.04. The van der Waals surface area contributed by atoms with Crippen LogP contribution in [0.2, 0.25) is 0 Å². The van der Waals surface area contributed by atoms with Crippen LogP contribution in [0.3, 0.4) is 0 Å². The minimum atomic E-state index is 0.724. The first-order valence-electron chi connectivity index (χ1n) is 4.21. The van der Waals surface area contributed by atoms with Crippen LogP contribution in [0.15, 0.2) is 0 Å². The maximum atomic E-state index is 5.11. The van der Waals surface area contributed by atoms with Gasteiger partial charge in [0.1, 0.15) is 0 Å². The lowest BCUT2D eigenvalue weighted by Crippen LogP contribution is -2.40. The van der Waals surface area contributed by atoms with E-state index in [1.54, 1.807) is 7.11 Å². The maximum absolute atomic E-state index is 5.11. The topological polar surface area (TPSA) is 24.5 Å². The minimum Gasteiger partial charge on any atom is -0.383 e. The van der Waals surface area contributed by atoms with Crippen LogP contribution in [0.4, 0.5) is 0 Å². The molecule has 0 aromatic rings. The molecule has 0 amide bonds. The van der Waals surface area contributed by atoms with Crippen LogP contribution in [0, 0.1) is 0 Å². The number of nitrogens with one attached hydrogen (secondary N) is 1. The fraction of sp³-hybridized carbons (Fsp3) is 0.875. The summed E-state index contributed by atoms with van der Waals surface area (Å²) in [7, 11) is 3.55. The van der Waals surface area contributed by atoms with Crippen LogP contribution in [0.1, 0.15) is 13.3 Å². The van der Waals surface area contributed by atoms with E-state index >= 15 is 0 Å². The van der Waals surface area contributed by atoms with Gasteiger partial charge in [-0.1, -0.05) is 6.92 Å². The Morgan fingerprint density at radius 1 is 1.50 bits per heavy atom. The molecule has 0 unspecified atom stereocenters. The lowest BCUT2D eigenvalue weighted by molar-refractivity contribution is 0.176. The Labute approximate surface area is 80.1 Å². The van der Waals surface area contributed by atoms with E-state index in [-0.39, 0.29) is 0 Å². The van der Waals surface area contributed by atoms with Crippen LogP contribution in [0.5, 0.6) is 0 Å². The molecular formula is C8H18N2OS. The lowest BCUT2D eigenvalue weighted by atomic mass is 10.4. The van der Waals surface area contributed by atoms with Crippen molar-refractivity contribution in [2.45, 2.75) is 13.3 Å². The summed E-state index contributed by atoms with van der Waals surface area (Å²) in [6, 6.07) is 0. The predicted molar refractivity (Wildman–Crippen MR) is 55.4 cm³/mol. The Morgan fingerprint density at radius 2 is 2.17 bits per heavy atom. The summed E-state index contributed by atoms with van der Waals surface area (Å²) in [5.74, 6) is 0. The number of hydrogen-bond donors (Lipinski definition) is 1. The molecule has 72 valence electrons. The van der Waals surface area contributed by atoms with Gasteiger partial charge in [0.15, 0.2) is 5.11 Å². The van der Waals surface area contributed by atoms with Crippen LogP contribution in [0.25, 0.3) is 0 Å². The van der Waals surface area contributed by atoms with E-state index in [4.69, 9.17) is 17.0 Å². The fourth-order valence-electron chi connectivity index (χ4n) is 0.944. The molecule has 0 fully saturated rings. The largest absolute Gasteiger partial charge is 0.383 e. The van der Waals surface area contributed by atoms with Gasteiger partial charge in [-0.15, -0.1) is 0 Å². The van der Waals surface area contributed by atoms with Gasteiger partial charge in [-0.3, -0.25) is 0 Å². The Hall–Kier alpha value is -0.350. The highest BCUT2D eigenvalue weighted by atomic mass is 32.1. The standard InChI is InChI=1S/C8H18N2OS/c1-4-5-10(6-7-11-3)8(12)9-2/h4-7H2,1-3H3,(H,9,12). The molecule has 0 aliphatic carbocycles. The van der Waals surface area contributed by atoms with Crippen LogP contribution >= 0.6 is 12.2 Å². The Balaban J connectivity index is 3.76. The molecule has 0 rings (SSSR count). The van der Waals surface area contributed by atoms with Gasteiger partial charge in [-0.05, 0) is 18.6 Å². The van der Waals surface area contributed by atoms with E-state index in [0.29, 0.717) is 0 Å². The predicted octanol–water partition coefficient (Wildman–Crippen LogP) is 0.849. The molecule has 0 atom stereocenters. The fourth-order valence-corrected chi connectivity index (χ4v) is 1.13. The van der Waals surface area contributed by atoms with Gasteiger partial charge in [0.2, 0.25) is 0 Å². The summed E-state index contributed by atoms with van der Waals surface area (Å²) >= 11 is 5.11. The lowest BCUT2D eigenvalue weighted by Gasteiger charge is -2.23. The average Bonchev–Trinajstić information content (AvgIpc) is 2.11.